The zero-order valence-corrected chi connectivity index (χ0v) is 11.4. The second kappa shape index (κ2) is 4.28. The number of nitrogens with zero attached hydrogens (tertiary/aromatic N) is 2. The third-order valence-corrected chi connectivity index (χ3v) is 4.48. The first-order chi connectivity index (χ1) is 9.79. The number of hydrogen-bond acceptors (Lipinski definition) is 2. The maximum absolute atomic E-state index is 11.7. The zero-order valence-electron chi connectivity index (χ0n) is 11.4. The molecule has 5 rings (SSSR count). The first-order valence-electron chi connectivity index (χ1n) is 7.14. The lowest BCUT2D eigenvalue weighted by molar-refractivity contribution is -0.496. The third kappa shape index (κ3) is 1.51. The van der Waals surface area contributed by atoms with Crippen molar-refractivity contribution < 1.29 is 9.16 Å². The van der Waals surface area contributed by atoms with E-state index in [4.69, 9.17) is 4.74 Å². The molecule has 0 fully saturated rings. The summed E-state index contributed by atoms with van der Waals surface area (Å²) in [4.78, 5) is 11.7. The fourth-order valence-electron chi connectivity index (χ4n) is 3.76. The van der Waals surface area contributed by atoms with Crippen LogP contribution in [0.4, 0.5) is 0 Å². The second-order valence-corrected chi connectivity index (χ2v) is 5.47. The fraction of sp³-hybridized carbons (Fsp3) is 0.375. The zero-order chi connectivity index (χ0) is 13.7. The van der Waals surface area contributed by atoms with Gasteiger partial charge >= 0.3 is 0 Å². The van der Waals surface area contributed by atoms with Gasteiger partial charge in [-0.1, -0.05) is 24.3 Å². The molecule has 1 aliphatic carbocycles. The topological polar surface area (TPSA) is 37.1 Å². The number of benzene rings is 1. The summed E-state index contributed by atoms with van der Waals surface area (Å²) in [5.41, 5.74) is 3.75. The van der Waals surface area contributed by atoms with E-state index in [1.165, 1.54) is 11.1 Å². The van der Waals surface area contributed by atoms with Crippen LogP contribution in [0.5, 0.6) is 0 Å². The Kier molecular flexibility index (Phi) is 2.54. The molecule has 1 aromatic carbocycles. The first-order valence-corrected chi connectivity index (χ1v) is 7.14. The average Bonchev–Trinajstić information content (AvgIpc) is 2.47. The minimum absolute atomic E-state index is 0.164. The maximum atomic E-state index is 11.7. The van der Waals surface area contributed by atoms with Gasteiger partial charge in [-0.05, 0) is 24.5 Å². The van der Waals surface area contributed by atoms with Crippen LogP contribution in [-0.4, -0.2) is 17.3 Å². The van der Waals surface area contributed by atoms with Crippen LogP contribution in [0.25, 0.3) is 0 Å². The highest BCUT2D eigenvalue weighted by molar-refractivity contribution is 5.45. The molecule has 1 aromatic heterocycles. The van der Waals surface area contributed by atoms with Gasteiger partial charge in [-0.25, -0.2) is 0 Å². The van der Waals surface area contributed by atoms with Crippen molar-refractivity contribution in [1.82, 2.24) is 4.57 Å². The smallest absolute Gasteiger partial charge is 0.247 e. The molecule has 102 valence electrons. The average molecular weight is 269 g/mol. The molecule has 20 heavy (non-hydrogen) atoms. The highest BCUT2D eigenvalue weighted by atomic mass is 16.5. The summed E-state index contributed by atoms with van der Waals surface area (Å²) < 4.78 is 9.07. The summed E-state index contributed by atoms with van der Waals surface area (Å²) in [6.45, 7) is 2.74. The van der Waals surface area contributed by atoms with E-state index in [2.05, 4.69) is 28.8 Å². The van der Waals surface area contributed by atoms with Crippen LogP contribution in [0.15, 0.2) is 42.9 Å². The molecule has 2 aromatic rings. The van der Waals surface area contributed by atoms with Crippen LogP contribution in [-0.2, 0) is 4.74 Å². The van der Waals surface area contributed by atoms with Crippen molar-refractivity contribution in [2.24, 2.45) is 0 Å². The normalized spacial score (nSPS) is 26.1. The van der Waals surface area contributed by atoms with Crippen molar-refractivity contribution in [2.45, 2.75) is 31.4 Å². The second-order valence-electron chi connectivity index (χ2n) is 5.47. The Morgan fingerprint density at radius 3 is 2.95 bits per heavy atom. The number of aromatic nitrogens is 2. The molecule has 0 saturated carbocycles. The monoisotopic (exact) mass is 269 g/mol. The maximum Gasteiger partial charge on any atom is 0.247 e. The van der Waals surface area contributed by atoms with Gasteiger partial charge in [-0.15, -0.1) is 0 Å². The van der Waals surface area contributed by atoms with E-state index < -0.39 is 0 Å². The fourth-order valence-corrected chi connectivity index (χ4v) is 3.76. The SMILES string of the molecule is CCOC1CC2c3ccccc3C1c1c[n+](=O)ccn12. The van der Waals surface area contributed by atoms with Crippen LogP contribution in [0.2, 0.25) is 0 Å². The molecule has 3 heterocycles. The third-order valence-electron chi connectivity index (χ3n) is 4.48. The lowest BCUT2D eigenvalue weighted by Gasteiger charge is -2.44. The molecule has 0 radical (unpaired) electrons. The molecule has 3 unspecified atom stereocenters. The van der Waals surface area contributed by atoms with E-state index in [1.54, 1.807) is 12.4 Å². The van der Waals surface area contributed by atoms with Gasteiger partial charge in [-0.3, -0.25) is 0 Å². The molecule has 0 spiro atoms. The molecule has 2 aliphatic heterocycles. The molecule has 3 aliphatic rings. The van der Waals surface area contributed by atoms with Crippen LogP contribution in [0.3, 0.4) is 0 Å². The van der Waals surface area contributed by atoms with E-state index in [0.717, 1.165) is 16.5 Å². The van der Waals surface area contributed by atoms with Gasteiger partial charge in [0.15, 0.2) is 0 Å². The highest BCUT2D eigenvalue weighted by Gasteiger charge is 2.44. The van der Waals surface area contributed by atoms with E-state index in [1.807, 2.05) is 13.1 Å². The van der Waals surface area contributed by atoms with Crippen molar-refractivity contribution in [1.29, 1.82) is 0 Å². The van der Waals surface area contributed by atoms with Crippen molar-refractivity contribution in [3.05, 3.63) is 64.6 Å². The molecule has 2 bridgehead atoms. The Hall–Kier alpha value is -1.94. The summed E-state index contributed by atoms with van der Waals surface area (Å²) in [6, 6.07) is 8.81. The Morgan fingerprint density at radius 2 is 2.15 bits per heavy atom. The Bertz CT molecular complexity index is 722. The molecule has 3 atom stereocenters. The quantitative estimate of drug-likeness (QED) is 0.784. The highest BCUT2D eigenvalue weighted by Crippen LogP contribution is 2.49. The number of rotatable bonds is 2. The van der Waals surface area contributed by atoms with Crippen molar-refractivity contribution in [3.8, 4) is 0 Å². The Morgan fingerprint density at radius 1 is 1.35 bits per heavy atom. The summed E-state index contributed by atoms with van der Waals surface area (Å²) in [7, 11) is 0. The molecule has 0 N–H and O–H groups in total. The predicted octanol–water partition coefficient (Wildman–Crippen LogP) is 2.25. The van der Waals surface area contributed by atoms with Gasteiger partial charge in [0, 0.05) is 11.5 Å². The predicted molar refractivity (Wildman–Crippen MR) is 74.3 cm³/mol. The molecule has 0 saturated heterocycles. The number of fused-ring (bicyclic) bond motifs is 1. The van der Waals surface area contributed by atoms with Crippen LogP contribution in [0, 0.1) is 4.91 Å². The molecule has 4 heteroatoms. The molecular weight excluding hydrogens is 252 g/mol. The van der Waals surface area contributed by atoms with Gasteiger partial charge in [0.1, 0.15) is 0 Å². The van der Waals surface area contributed by atoms with Crippen LogP contribution in [0.1, 0.15) is 42.1 Å². The van der Waals surface area contributed by atoms with E-state index in [9.17, 15) is 4.91 Å². The van der Waals surface area contributed by atoms with Gasteiger partial charge in [0.2, 0.25) is 12.4 Å². The standard InChI is InChI=1S/C16H17N2O2/c1-2-20-15-9-13-11-5-3-4-6-12(11)16(15)14-10-17(19)7-8-18(13)14/h3-8,10,13,15-16H,2,9H2,1H3/q+1. The Labute approximate surface area is 117 Å². The minimum atomic E-state index is 0.164. The van der Waals surface area contributed by atoms with Gasteiger partial charge in [0.25, 0.3) is 0 Å². The minimum Gasteiger partial charge on any atom is -0.377 e. The summed E-state index contributed by atoms with van der Waals surface area (Å²) in [5, 5.41) is 0. The number of hydrogen-bond donors (Lipinski definition) is 0. The first kappa shape index (κ1) is 11.9. The summed E-state index contributed by atoms with van der Waals surface area (Å²) >= 11 is 0. The van der Waals surface area contributed by atoms with Crippen molar-refractivity contribution in [3.63, 3.8) is 0 Å². The largest absolute Gasteiger partial charge is 0.377 e. The van der Waals surface area contributed by atoms with Crippen LogP contribution < -0.4 is 4.43 Å². The van der Waals surface area contributed by atoms with Gasteiger partial charge in [-0.2, -0.15) is 0 Å². The summed E-state index contributed by atoms with van der Waals surface area (Å²) in [6.07, 6.45) is 6.32. The van der Waals surface area contributed by atoms with E-state index in [-0.39, 0.29) is 18.1 Å². The molecular formula is C16H17N2O2+. The molecule has 0 amide bonds. The van der Waals surface area contributed by atoms with E-state index >= 15 is 0 Å². The van der Waals surface area contributed by atoms with E-state index in [0.29, 0.717) is 6.61 Å². The Balaban J connectivity index is 1.96. The summed E-state index contributed by atoms with van der Waals surface area (Å²) in [5.74, 6) is 0.164. The molecule has 4 nitrogen and oxygen atoms in total. The van der Waals surface area contributed by atoms with Crippen molar-refractivity contribution >= 4 is 0 Å². The lowest BCUT2D eigenvalue weighted by Crippen LogP contribution is -2.42. The lowest BCUT2D eigenvalue weighted by atomic mass is 9.72. The number of ether oxygens (including phenoxy) is 1. The van der Waals surface area contributed by atoms with Gasteiger partial charge < -0.3 is 9.30 Å². The van der Waals surface area contributed by atoms with Gasteiger partial charge in [0.05, 0.1) is 34.4 Å². The van der Waals surface area contributed by atoms with Crippen molar-refractivity contribution in [2.75, 3.05) is 6.61 Å². The van der Waals surface area contributed by atoms with Crippen LogP contribution >= 0.6 is 0 Å².